The average Bonchev–Trinajstić information content (AvgIpc) is 2.18. The van der Waals surface area contributed by atoms with Crippen LogP contribution in [0.15, 0.2) is 18.2 Å². The molecule has 0 saturated carbocycles. The van der Waals surface area contributed by atoms with Crippen LogP contribution in [0.5, 0.6) is 0 Å². The predicted octanol–water partition coefficient (Wildman–Crippen LogP) is 4.35. The number of halogens is 3. The van der Waals surface area contributed by atoms with Gasteiger partial charge in [-0.25, -0.2) is 0 Å². The number of rotatable bonds is 4. The molecule has 0 aliphatic rings. The fourth-order valence-corrected chi connectivity index (χ4v) is 1.77. The fraction of sp³-hybridized carbons (Fsp3) is 0.300. The summed E-state index contributed by atoms with van der Waals surface area (Å²) in [6.45, 7) is 0. The number of hydrogen-bond acceptors (Lipinski definition) is 1. The van der Waals surface area contributed by atoms with E-state index in [4.69, 9.17) is 23.2 Å². The molecule has 0 spiro atoms. The van der Waals surface area contributed by atoms with E-state index in [1.165, 1.54) is 0 Å². The molecule has 1 nitrogen and oxygen atoms in total. The summed E-state index contributed by atoms with van der Waals surface area (Å²) in [5, 5.41) is 1.60. The van der Waals surface area contributed by atoms with E-state index < -0.39 is 0 Å². The van der Waals surface area contributed by atoms with Gasteiger partial charge in [0.05, 0.1) is 10.0 Å². The van der Waals surface area contributed by atoms with Gasteiger partial charge in [-0.2, -0.15) is 0 Å². The van der Waals surface area contributed by atoms with E-state index in [0.29, 0.717) is 22.0 Å². The molecule has 1 aromatic carbocycles. The highest BCUT2D eigenvalue weighted by molar-refractivity contribution is 9.09. The molecule has 0 bridgehead atoms. The molecule has 0 radical (unpaired) electrons. The van der Waals surface area contributed by atoms with Gasteiger partial charge in [0, 0.05) is 17.3 Å². The molecular weight excluding hydrogens is 287 g/mol. The SMILES string of the molecule is O=C(CCCBr)c1cccc(Cl)c1Cl. The number of alkyl halides is 1. The van der Waals surface area contributed by atoms with Gasteiger partial charge in [0.2, 0.25) is 0 Å². The lowest BCUT2D eigenvalue weighted by Gasteiger charge is -2.03. The molecular formula is C10H9BrCl2O. The van der Waals surface area contributed by atoms with Crippen LogP contribution in [0.25, 0.3) is 0 Å². The zero-order chi connectivity index (χ0) is 10.6. The molecule has 14 heavy (non-hydrogen) atoms. The first-order valence-electron chi connectivity index (χ1n) is 4.20. The molecule has 1 rings (SSSR count). The number of carbonyl (C=O) groups is 1. The van der Waals surface area contributed by atoms with Crippen LogP contribution in [0.3, 0.4) is 0 Å². The number of benzene rings is 1. The number of hydrogen-bond donors (Lipinski definition) is 0. The maximum absolute atomic E-state index is 11.6. The molecule has 0 unspecified atom stereocenters. The van der Waals surface area contributed by atoms with E-state index in [2.05, 4.69) is 15.9 Å². The molecule has 0 fully saturated rings. The normalized spacial score (nSPS) is 10.2. The minimum absolute atomic E-state index is 0.0388. The van der Waals surface area contributed by atoms with Crippen LogP contribution < -0.4 is 0 Å². The van der Waals surface area contributed by atoms with Crippen molar-refractivity contribution < 1.29 is 4.79 Å². The van der Waals surface area contributed by atoms with Crippen LogP contribution in [0.2, 0.25) is 10.0 Å². The van der Waals surface area contributed by atoms with Gasteiger partial charge in [-0.1, -0.05) is 45.2 Å². The van der Waals surface area contributed by atoms with Gasteiger partial charge in [0.15, 0.2) is 5.78 Å². The zero-order valence-electron chi connectivity index (χ0n) is 7.40. The lowest BCUT2D eigenvalue weighted by Crippen LogP contribution is -2.00. The molecule has 76 valence electrons. The maximum Gasteiger partial charge on any atom is 0.164 e. The van der Waals surface area contributed by atoms with Crippen LogP contribution in [0.1, 0.15) is 23.2 Å². The smallest absolute Gasteiger partial charge is 0.164 e. The molecule has 0 heterocycles. The topological polar surface area (TPSA) is 17.1 Å². The second kappa shape index (κ2) is 5.74. The molecule has 0 aromatic heterocycles. The van der Waals surface area contributed by atoms with E-state index >= 15 is 0 Å². The van der Waals surface area contributed by atoms with Crippen molar-refractivity contribution in [3.8, 4) is 0 Å². The first-order chi connectivity index (χ1) is 6.66. The Morgan fingerprint density at radius 1 is 1.36 bits per heavy atom. The molecule has 0 N–H and O–H groups in total. The van der Waals surface area contributed by atoms with Crippen LogP contribution in [0.4, 0.5) is 0 Å². The van der Waals surface area contributed by atoms with Crippen molar-refractivity contribution in [3.63, 3.8) is 0 Å². The number of Topliss-reactive ketones (excluding diaryl/α,β-unsaturated/α-hetero) is 1. The Balaban J connectivity index is 2.84. The quantitative estimate of drug-likeness (QED) is 0.596. The molecule has 4 heteroatoms. The van der Waals surface area contributed by atoms with Crippen molar-refractivity contribution in [3.05, 3.63) is 33.8 Å². The molecule has 0 aliphatic carbocycles. The van der Waals surface area contributed by atoms with Gasteiger partial charge in [0.25, 0.3) is 0 Å². The third-order valence-corrected chi connectivity index (χ3v) is 3.17. The molecule has 0 aliphatic heterocycles. The van der Waals surface area contributed by atoms with Gasteiger partial charge < -0.3 is 0 Å². The molecule has 0 atom stereocenters. The van der Waals surface area contributed by atoms with E-state index in [1.54, 1.807) is 18.2 Å². The maximum atomic E-state index is 11.6. The third-order valence-electron chi connectivity index (χ3n) is 1.79. The van der Waals surface area contributed by atoms with E-state index in [0.717, 1.165) is 11.8 Å². The summed E-state index contributed by atoms with van der Waals surface area (Å²) in [5.41, 5.74) is 0.514. The summed E-state index contributed by atoms with van der Waals surface area (Å²) in [6, 6.07) is 5.10. The number of ketones is 1. The average molecular weight is 296 g/mol. The predicted molar refractivity (Wildman–Crippen MR) is 63.8 cm³/mol. The summed E-state index contributed by atoms with van der Waals surface area (Å²) >= 11 is 15.0. The zero-order valence-corrected chi connectivity index (χ0v) is 10.5. The van der Waals surface area contributed by atoms with Crippen LogP contribution >= 0.6 is 39.1 Å². The minimum atomic E-state index is 0.0388. The Hall–Kier alpha value is -0.0500. The van der Waals surface area contributed by atoms with Crippen molar-refractivity contribution in [1.82, 2.24) is 0 Å². The van der Waals surface area contributed by atoms with E-state index in [1.807, 2.05) is 0 Å². The van der Waals surface area contributed by atoms with Gasteiger partial charge >= 0.3 is 0 Å². The Labute approximate surface area is 102 Å². The minimum Gasteiger partial charge on any atom is -0.294 e. The first kappa shape index (κ1) is 12.0. The van der Waals surface area contributed by atoms with Crippen LogP contribution in [-0.4, -0.2) is 11.1 Å². The highest BCUT2D eigenvalue weighted by Crippen LogP contribution is 2.26. The summed E-state index contributed by atoms with van der Waals surface area (Å²) < 4.78 is 0. The third kappa shape index (κ3) is 2.97. The Morgan fingerprint density at radius 2 is 2.07 bits per heavy atom. The number of carbonyl (C=O) groups excluding carboxylic acids is 1. The Bertz CT molecular complexity index is 339. The molecule has 1 aromatic rings. The second-order valence-electron chi connectivity index (χ2n) is 2.82. The van der Waals surface area contributed by atoms with E-state index in [9.17, 15) is 4.79 Å². The second-order valence-corrected chi connectivity index (χ2v) is 4.40. The van der Waals surface area contributed by atoms with Gasteiger partial charge in [0.1, 0.15) is 0 Å². The molecule has 0 amide bonds. The Kier molecular flexibility index (Phi) is 4.93. The van der Waals surface area contributed by atoms with Crippen LogP contribution in [0, 0.1) is 0 Å². The summed E-state index contributed by atoms with van der Waals surface area (Å²) in [5.74, 6) is 0.0388. The van der Waals surface area contributed by atoms with Crippen molar-refractivity contribution >= 4 is 44.9 Å². The monoisotopic (exact) mass is 294 g/mol. The van der Waals surface area contributed by atoms with Gasteiger partial charge in [-0.05, 0) is 18.6 Å². The van der Waals surface area contributed by atoms with Crippen molar-refractivity contribution in [2.24, 2.45) is 0 Å². The van der Waals surface area contributed by atoms with Crippen molar-refractivity contribution in [1.29, 1.82) is 0 Å². The summed E-state index contributed by atoms with van der Waals surface area (Å²) in [4.78, 5) is 11.6. The summed E-state index contributed by atoms with van der Waals surface area (Å²) in [7, 11) is 0. The highest BCUT2D eigenvalue weighted by Gasteiger charge is 2.11. The Morgan fingerprint density at radius 3 is 2.71 bits per heavy atom. The van der Waals surface area contributed by atoms with E-state index in [-0.39, 0.29) is 5.78 Å². The highest BCUT2D eigenvalue weighted by atomic mass is 79.9. The lowest BCUT2D eigenvalue weighted by molar-refractivity contribution is 0.0982. The summed E-state index contributed by atoms with van der Waals surface area (Å²) in [6.07, 6.45) is 1.30. The van der Waals surface area contributed by atoms with Gasteiger partial charge in [-0.3, -0.25) is 4.79 Å². The molecule has 0 saturated heterocycles. The van der Waals surface area contributed by atoms with Crippen LogP contribution in [-0.2, 0) is 0 Å². The van der Waals surface area contributed by atoms with Crippen molar-refractivity contribution in [2.75, 3.05) is 5.33 Å². The van der Waals surface area contributed by atoms with Gasteiger partial charge in [-0.15, -0.1) is 0 Å². The standard InChI is InChI=1S/C10H9BrCl2O/c11-6-2-5-9(14)7-3-1-4-8(12)10(7)13/h1,3-4H,2,5-6H2. The largest absolute Gasteiger partial charge is 0.294 e. The first-order valence-corrected chi connectivity index (χ1v) is 6.07. The lowest BCUT2D eigenvalue weighted by atomic mass is 10.1. The van der Waals surface area contributed by atoms with Crippen molar-refractivity contribution in [2.45, 2.75) is 12.8 Å². The fourth-order valence-electron chi connectivity index (χ4n) is 1.08.